The minimum Gasteiger partial charge on any atom is -0.366 e. The van der Waals surface area contributed by atoms with Gasteiger partial charge in [0.25, 0.3) is 0 Å². The van der Waals surface area contributed by atoms with Gasteiger partial charge in [-0.2, -0.15) is 0 Å². The van der Waals surface area contributed by atoms with Gasteiger partial charge < -0.3 is 5.32 Å². The van der Waals surface area contributed by atoms with Gasteiger partial charge in [-0.25, -0.2) is 4.39 Å². The van der Waals surface area contributed by atoms with Crippen LogP contribution in [0.4, 0.5) is 4.39 Å². The van der Waals surface area contributed by atoms with Crippen LogP contribution in [0.1, 0.15) is 18.1 Å². The molecule has 0 aliphatic carbocycles. The van der Waals surface area contributed by atoms with Crippen LogP contribution in [0, 0.1) is 12.7 Å². The zero-order valence-corrected chi connectivity index (χ0v) is 8.34. The summed E-state index contributed by atoms with van der Waals surface area (Å²) in [5.74, 6) is 0.601. The van der Waals surface area contributed by atoms with E-state index < -0.39 is 0 Å². The summed E-state index contributed by atoms with van der Waals surface area (Å²) < 4.78 is 13.0. The molecule has 0 aromatic heterocycles. The molecule has 0 bridgehead atoms. The molecule has 1 atom stereocenters. The SMILES string of the molecule is Cc1ccc(F)cc1C1=NCC(C)N1. The zero-order valence-electron chi connectivity index (χ0n) is 8.34. The Bertz CT molecular complexity index is 385. The van der Waals surface area contributed by atoms with E-state index in [2.05, 4.69) is 17.2 Å². The topological polar surface area (TPSA) is 24.4 Å². The molecular formula is C11H13FN2. The average molecular weight is 192 g/mol. The van der Waals surface area contributed by atoms with E-state index in [4.69, 9.17) is 0 Å². The first-order valence-electron chi connectivity index (χ1n) is 4.74. The lowest BCUT2D eigenvalue weighted by Gasteiger charge is -2.08. The van der Waals surface area contributed by atoms with Crippen LogP contribution >= 0.6 is 0 Å². The molecule has 74 valence electrons. The van der Waals surface area contributed by atoms with Gasteiger partial charge in [-0.05, 0) is 31.5 Å². The third-order valence-corrected chi connectivity index (χ3v) is 2.36. The third kappa shape index (κ3) is 1.62. The van der Waals surface area contributed by atoms with Crippen LogP contribution in [0.3, 0.4) is 0 Å². The maximum absolute atomic E-state index is 13.0. The largest absolute Gasteiger partial charge is 0.366 e. The van der Waals surface area contributed by atoms with E-state index in [0.717, 1.165) is 23.5 Å². The molecule has 14 heavy (non-hydrogen) atoms. The second-order valence-corrected chi connectivity index (χ2v) is 3.69. The van der Waals surface area contributed by atoms with Crippen LogP contribution in [-0.2, 0) is 0 Å². The van der Waals surface area contributed by atoms with Crippen molar-refractivity contribution in [2.45, 2.75) is 19.9 Å². The van der Waals surface area contributed by atoms with Crippen molar-refractivity contribution >= 4 is 5.84 Å². The molecule has 1 aromatic rings. The van der Waals surface area contributed by atoms with Crippen LogP contribution in [0.2, 0.25) is 0 Å². The van der Waals surface area contributed by atoms with Crippen LogP contribution in [0.5, 0.6) is 0 Å². The fourth-order valence-corrected chi connectivity index (χ4v) is 1.57. The first kappa shape index (κ1) is 9.19. The molecule has 2 rings (SSSR count). The third-order valence-electron chi connectivity index (χ3n) is 2.36. The monoisotopic (exact) mass is 192 g/mol. The Labute approximate surface area is 82.9 Å². The fraction of sp³-hybridized carbons (Fsp3) is 0.364. The highest BCUT2D eigenvalue weighted by molar-refractivity contribution is 6.01. The lowest BCUT2D eigenvalue weighted by atomic mass is 10.1. The summed E-state index contributed by atoms with van der Waals surface area (Å²) in [4.78, 5) is 4.33. The Morgan fingerprint density at radius 1 is 1.50 bits per heavy atom. The normalized spacial score (nSPS) is 20.5. The summed E-state index contributed by atoms with van der Waals surface area (Å²) in [6.45, 7) is 4.79. The minimum atomic E-state index is -0.213. The highest BCUT2D eigenvalue weighted by atomic mass is 19.1. The van der Waals surface area contributed by atoms with E-state index >= 15 is 0 Å². The second-order valence-electron chi connectivity index (χ2n) is 3.69. The number of hydrogen-bond acceptors (Lipinski definition) is 2. The van der Waals surface area contributed by atoms with Gasteiger partial charge in [0.05, 0.1) is 6.54 Å². The van der Waals surface area contributed by atoms with Crippen molar-refractivity contribution in [1.29, 1.82) is 0 Å². The molecule has 2 nitrogen and oxygen atoms in total. The zero-order chi connectivity index (χ0) is 10.1. The molecule has 1 aliphatic heterocycles. The second kappa shape index (κ2) is 3.40. The van der Waals surface area contributed by atoms with Gasteiger partial charge in [0, 0.05) is 11.6 Å². The number of nitrogens with zero attached hydrogens (tertiary/aromatic N) is 1. The van der Waals surface area contributed by atoms with E-state index in [9.17, 15) is 4.39 Å². The molecular weight excluding hydrogens is 179 g/mol. The highest BCUT2D eigenvalue weighted by Gasteiger charge is 2.15. The predicted molar refractivity (Wildman–Crippen MR) is 55.1 cm³/mol. The smallest absolute Gasteiger partial charge is 0.128 e. The fourth-order valence-electron chi connectivity index (χ4n) is 1.57. The van der Waals surface area contributed by atoms with E-state index in [0.29, 0.717) is 6.04 Å². The molecule has 0 amide bonds. The number of nitrogens with one attached hydrogen (secondary N) is 1. The molecule has 0 saturated carbocycles. The van der Waals surface area contributed by atoms with Crippen LogP contribution in [0.15, 0.2) is 23.2 Å². The molecule has 1 N–H and O–H groups in total. The summed E-state index contributed by atoms with van der Waals surface area (Å²) in [5, 5.41) is 3.22. The van der Waals surface area contributed by atoms with E-state index in [1.165, 1.54) is 12.1 Å². The van der Waals surface area contributed by atoms with Crippen molar-refractivity contribution < 1.29 is 4.39 Å². The number of aliphatic imine (C=N–C) groups is 1. The maximum atomic E-state index is 13.0. The highest BCUT2D eigenvalue weighted by Crippen LogP contribution is 2.13. The van der Waals surface area contributed by atoms with E-state index in [1.54, 1.807) is 6.07 Å². The van der Waals surface area contributed by atoms with Crippen molar-refractivity contribution in [3.63, 3.8) is 0 Å². The van der Waals surface area contributed by atoms with Gasteiger partial charge in [0.2, 0.25) is 0 Å². The summed E-state index contributed by atoms with van der Waals surface area (Å²) in [5.41, 5.74) is 1.92. The van der Waals surface area contributed by atoms with Crippen LogP contribution < -0.4 is 5.32 Å². The van der Waals surface area contributed by atoms with Crippen molar-refractivity contribution in [1.82, 2.24) is 5.32 Å². The molecule has 0 saturated heterocycles. The molecule has 1 aromatic carbocycles. The van der Waals surface area contributed by atoms with E-state index in [-0.39, 0.29) is 5.82 Å². The first-order valence-corrected chi connectivity index (χ1v) is 4.74. The Hall–Kier alpha value is -1.38. The van der Waals surface area contributed by atoms with Crippen molar-refractivity contribution in [2.24, 2.45) is 4.99 Å². The summed E-state index contributed by atoms with van der Waals surface area (Å²) in [7, 11) is 0. The maximum Gasteiger partial charge on any atom is 0.128 e. The molecule has 0 spiro atoms. The van der Waals surface area contributed by atoms with Gasteiger partial charge in [-0.15, -0.1) is 0 Å². The number of rotatable bonds is 1. The molecule has 1 heterocycles. The number of halogens is 1. The lowest BCUT2D eigenvalue weighted by molar-refractivity contribution is 0.627. The molecule has 1 unspecified atom stereocenters. The number of amidine groups is 1. The molecule has 0 radical (unpaired) electrons. The average Bonchev–Trinajstić information content (AvgIpc) is 2.56. The lowest BCUT2D eigenvalue weighted by Crippen LogP contribution is -2.28. The van der Waals surface area contributed by atoms with Crippen molar-refractivity contribution in [2.75, 3.05) is 6.54 Å². The molecule has 1 aliphatic rings. The predicted octanol–water partition coefficient (Wildman–Crippen LogP) is 1.87. The first-order chi connectivity index (χ1) is 6.66. The van der Waals surface area contributed by atoms with E-state index in [1.807, 2.05) is 6.92 Å². The van der Waals surface area contributed by atoms with Gasteiger partial charge in [-0.3, -0.25) is 4.99 Å². The van der Waals surface area contributed by atoms with Crippen molar-refractivity contribution in [3.8, 4) is 0 Å². The van der Waals surface area contributed by atoms with Crippen LogP contribution in [-0.4, -0.2) is 18.4 Å². The Morgan fingerprint density at radius 3 is 2.93 bits per heavy atom. The van der Waals surface area contributed by atoms with Gasteiger partial charge in [0.15, 0.2) is 0 Å². The Morgan fingerprint density at radius 2 is 2.29 bits per heavy atom. The van der Waals surface area contributed by atoms with Crippen LogP contribution in [0.25, 0.3) is 0 Å². The Kier molecular flexibility index (Phi) is 2.23. The summed E-state index contributed by atoms with van der Waals surface area (Å²) >= 11 is 0. The van der Waals surface area contributed by atoms with Gasteiger partial charge in [-0.1, -0.05) is 6.07 Å². The number of aryl methyl sites for hydroxylation is 1. The summed E-state index contributed by atoms with van der Waals surface area (Å²) in [6.07, 6.45) is 0. The van der Waals surface area contributed by atoms with Gasteiger partial charge >= 0.3 is 0 Å². The quantitative estimate of drug-likeness (QED) is 0.721. The Balaban J connectivity index is 2.36. The number of hydrogen-bond donors (Lipinski definition) is 1. The standard InChI is InChI=1S/C11H13FN2/c1-7-3-4-9(12)5-10(7)11-13-6-8(2)14-11/h3-5,8H,6H2,1-2H3,(H,13,14). The minimum absolute atomic E-state index is 0.213. The molecule has 3 heteroatoms. The molecule has 0 fully saturated rings. The number of benzene rings is 1. The van der Waals surface area contributed by atoms with Crippen molar-refractivity contribution in [3.05, 3.63) is 35.1 Å². The van der Waals surface area contributed by atoms with Gasteiger partial charge in [0.1, 0.15) is 11.7 Å². The summed E-state index contributed by atoms with van der Waals surface area (Å²) in [6, 6.07) is 5.13.